The molecular weight excluding hydrogens is 316 g/mol. The van der Waals surface area contributed by atoms with E-state index in [0.29, 0.717) is 11.7 Å². The van der Waals surface area contributed by atoms with E-state index >= 15 is 0 Å². The molecule has 0 aliphatic heterocycles. The maximum absolute atomic E-state index is 12.1. The number of nitrogens with zero attached hydrogens (tertiary/aromatic N) is 2. The molecule has 5 nitrogen and oxygen atoms in total. The number of rotatable bonds is 7. The van der Waals surface area contributed by atoms with Crippen LogP contribution in [0.2, 0.25) is 0 Å². The first-order valence-corrected chi connectivity index (χ1v) is 8.83. The van der Waals surface area contributed by atoms with E-state index in [1.807, 2.05) is 19.1 Å². The summed E-state index contributed by atoms with van der Waals surface area (Å²) < 4.78 is 0. The zero-order chi connectivity index (χ0) is 15.9. The Hall–Kier alpha value is -1.60. The number of nitrogens with two attached hydrogens (primary N) is 1. The zero-order valence-electron chi connectivity index (χ0n) is 12.7. The maximum Gasteiger partial charge on any atom is 0.233 e. The highest BCUT2D eigenvalue weighted by Crippen LogP contribution is 2.23. The Bertz CT molecular complexity index is 612. The van der Waals surface area contributed by atoms with Crippen LogP contribution in [0.25, 0.3) is 0 Å². The number of amides is 1. The van der Waals surface area contributed by atoms with Gasteiger partial charge in [0.1, 0.15) is 5.01 Å². The van der Waals surface area contributed by atoms with Gasteiger partial charge >= 0.3 is 0 Å². The van der Waals surface area contributed by atoms with Gasteiger partial charge in [0.05, 0.1) is 5.25 Å². The van der Waals surface area contributed by atoms with E-state index in [2.05, 4.69) is 34.6 Å². The summed E-state index contributed by atoms with van der Waals surface area (Å²) in [4.78, 5) is 13.2. The first-order chi connectivity index (χ1) is 10.5. The van der Waals surface area contributed by atoms with Crippen LogP contribution in [0.3, 0.4) is 0 Å². The van der Waals surface area contributed by atoms with Crippen molar-refractivity contribution in [1.29, 1.82) is 0 Å². The summed E-state index contributed by atoms with van der Waals surface area (Å²) in [7, 11) is 0. The van der Waals surface area contributed by atoms with Crippen molar-refractivity contribution in [3.05, 3.63) is 34.8 Å². The van der Waals surface area contributed by atoms with E-state index in [1.165, 1.54) is 16.9 Å². The Morgan fingerprint density at radius 2 is 2.09 bits per heavy atom. The van der Waals surface area contributed by atoms with Crippen molar-refractivity contribution in [2.75, 3.05) is 12.3 Å². The second kappa shape index (κ2) is 8.14. The zero-order valence-corrected chi connectivity index (χ0v) is 14.3. The second-order valence-corrected chi connectivity index (χ2v) is 7.51. The van der Waals surface area contributed by atoms with Crippen LogP contribution in [0.4, 0.5) is 5.13 Å². The Morgan fingerprint density at radius 3 is 2.73 bits per heavy atom. The fraction of sp³-hybridized carbons (Fsp3) is 0.400. The number of hydrogen-bond donors (Lipinski definition) is 2. The summed E-state index contributed by atoms with van der Waals surface area (Å²) in [6.07, 6.45) is 1.62. The molecule has 22 heavy (non-hydrogen) atoms. The summed E-state index contributed by atoms with van der Waals surface area (Å²) in [5.41, 5.74) is 6.75. The van der Waals surface area contributed by atoms with Gasteiger partial charge in [-0.15, -0.1) is 22.0 Å². The van der Waals surface area contributed by atoms with Crippen molar-refractivity contribution in [1.82, 2.24) is 15.5 Å². The predicted molar refractivity (Wildman–Crippen MR) is 92.2 cm³/mol. The maximum atomic E-state index is 12.1. The van der Waals surface area contributed by atoms with E-state index in [4.69, 9.17) is 5.73 Å². The van der Waals surface area contributed by atoms with Crippen molar-refractivity contribution in [3.63, 3.8) is 0 Å². The largest absolute Gasteiger partial charge is 0.374 e. The molecule has 0 saturated carbocycles. The number of carbonyl (C=O) groups excluding carboxylic acids is 1. The summed E-state index contributed by atoms with van der Waals surface area (Å²) in [5, 5.41) is 12.0. The molecule has 1 heterocycles. The highest BCUT2D eigenvalue weighted by atomic mass is 32.2. The van der Waals surface area contributed by atoms with Gasteiger partial charge in [0, 0.05) is 17.9 Å². The van der Waals surface area contributed by atoms with Gasteiger partial charge in [-0.2, -0.15) is 0 Å². The topological polar surface area (TPSA) is 80.9 Å². The van der Waals surface area contributed by atoms with Crippen LogP contribution in [-0.2, 0) is 11.2 Å². The molecule has 0 aliphatic rings. The summed E-state index contributed by atoms with van der Waals surface area (Å²) in [5.74, 6) is 0.0577. The molecule has 0 saturated heterocycles. The lowest BCUT2D eigenvalue weighted by molar-refractivity contribution is -0.120. The minimum Gasteiger partial charge on any atom is -0.374 e. The first-order valence-electron chi connectivity index (χ1n) is 7.13. The third-order valence-electron chi connectivity index (χ3n) is 3.05. The quantitative estimate of drug-likeness (QED) is 0.600. The van der Waals surface area contributed by atoms with Gasteiger partial charge in [-0.3, -0.25) is 4.79 Å². The molecule has 1 atom stereocenters. The highest BCUT2D eigenvalue weighted by Gasteiger charge is 2.13. The normalized spacial score (nSPS) is 12.1. The van der Waals surface area contributed by atoms with Gasteiger partial charge in [-0.05, 0) is 32.4 Å². The van der Waals surface area contributed by atoms with E-state index in [0.717, 1.165) is 22.7 Å². The fourth-order valence-electron chi connectivity index (χ4n) is 1.84. The molecule has 7 heteroatoms. The van der Waals surface area contributed by atoms with Crippen LogP contribution in [0.15, 0.2) is 29.2 Å². The molecule has 3 N–H and O–H groups in total. The monoisotopic (exact) mass is 336 g/mol. The Labute approximate surface area is 138 Å². The van der Waals surface area contributed by atoms with E-state index < -0.39 is 0 Å². The van der Waals surface area contributed by atoms with Gasteiger partial charge in [0.15, 0.2) is 0 Å². The molecule has 0 aliphatic carbocycles. The van der Waals surface area contributed by atoms with Crippen molar-refractivity contribution < 1.29 is 4.79 Å². The van der Waals surface area contributed by atoms with E-state index in [-0.39, 0.29) is 11.2 Å². The first kappa shape index (κ1) is 16.8. The molecular formula is C15H20N4OS2. The van der Waals surface area contributed by atoms with Gasteiger partial charge in [-0.1, -0.05) is 29.0 Å². The SMILES string of the molecule is Cc1ccc(SC(C)C(=O)NCCCc2nnc(N)s2)cc1. The Morgan fingerprint density at radius 1 is 1.36 bits per heavy atom. The minimum atomic E-state index is -0.111. The number of thioether (sulfide) groups is 1. The van der Waals surface area contributed by atoms with Crippen LogP contribution in [-0.4, -0.2) is 27.9 Å². The summed E-state index contributed by atoms with van der Waals surface area (Å²) >= 11 is 2.96. The minimum absolute atomic E-state index is 0.0577. The van der Waals surface area contributed by atoms with Gasteiger partial charge in [-0.25, -0.2) is 0 Å². The van der Waals surface area contributed by atoms with E-state index in [9.17, 15) is 4.79 Å². The second-order valence-electron chi connectivity index (χ2n) is 5.00. The van der Waals surface area contributed by atoms with Gasteiger partial charge < -0.3 is 11.1 Å². The number of benzene rings is 1. The van der Waals surface area contributed by atoms with Crippen molar-refractivity contribution in [2.24, 2.45) is 0 Å². The molecule has 0 fully saturated rings. The van der Waals surface area contributed by atoms with Crippen LogP contribution >= 0.6 is 23.1 Å². The number of nitrogen functional groups attached to an aromatic ring is 1. The smallest absolute Gasteiger partial charge is 0.233 e. The lowest BCUT2D eigenvalue weighted by atomic mass is 10.2. The number of anilines is 1. The number of nitrogens with one attached hydrogen (secondary N) is 1. The molecule has 118 valence electrons. The van der Waals surface area contributed by atoms with Crippen LogP contribution in [0.5, 0.6) is 0 Å². The summed E-state index contributed by atoms with van der Waals surface area (Å²) in [6.45, 7) is 4.61. The van der Waals surface area contributed by atoms with E-state index in [1.54, 1.807) is 11.8 Å². The lowest BCUT2D eigenvalue weighted by Crippen LogP contribution is -2.31. The molecule has 2 aromatic rings. The van der Waals surface area contributed by atoms with Crippen LogP contribution in [0.1, 0.15) is 23.9 Å². The van der Waals surface area contributed by atoms with Crippen molar-refractivity contribution in [3.8, 4) is 0 Å². The Kier molecular flexibility index (Phi) is 6.21. The fourth-order valence-corrected chi connectivity index (χ4v) is 3.38. The standard InChI is InChI=1S/C15H20N4OS2/c1-10-5-7-12(8-6-10)21-11(2)14(20)17-9-3-4-13-18-19-15(16)22-13/h5-8,11H,3-4,9H2,1-2H3,(H2,16,19)(H,17,20). The molecule has 1 aromatic heterocycles. The Balaban J connectivity index is 1.68. The number of aromatic nitrogens is 2. The molecule has 0 radical (unpaired) electrons. The number of carbonyl (C=O) groups is 1. The molecule has 0 spiro atoms. The molecule has 2 rings (SSSR count). The third-order valence-corrected chi connectivity index (χ3v) is 4.98. The average Bonchev–Trinajstić information content (AvgIpc) is 2.91. The van der Waals surface area contributed by atoms with Crippen molar-refractivity contribution in [2.45, 2.75) is 36.8 Å². The molecule has 1 unspecified atom stereocenters. The summed E-state index contributed by atoms with van der Waals surface area (Å²) in [6, 6.07) is 8.20. The predicted octanol–water partition coefficient (Wildman–Crippen LogP) is 2.66. The molecule has 1 aromatic carbocycles. The molecule has 1 amide bonds. The van der Waals surface area contributed by atoms with Crippen LogP contribution < -0.4 is 11.1 Å². The van der Waals surface area contributed by atoms with Crippen LogP contribution in [0, 0.1) is 6.92 Å². The highest BCUT2D eigenvalue weighted by molar-refractivity contribution is 8.00. The average molecular weight is 336 g/mol. The number of aryl methyl sites for hydroxylation is 2. The lowest BCUT2D eigenvalue weighted by Gasteiger charge is -2.11. The third kappa shape index (κ3) is 5.31. The van der Waals surface area contributed by atoms with Crippen molar-refractivity contribution >= 4 is 34.1 Å². The number of hydrogen-bond acceptors (Lipinski definition) is 6. The van der Waals surface area contributed by atoms with Gasteiger partial charge in [0.25, 0.3) is 0 Å². The van der Waals surface area contributed by atoms with Gasteiger partial charge in [0.2, 0.25) is 11.0 Å². The molecule has 0 bridgehead atoms.